The third-order valence-electron chi connectivity index (χ3n) is 6.86. The average Bonchev–Trinajstić information content (AvgIpc) is 3.58. The molecule has 2 saturated heterocycles. The summed E-state index contributed by atoms with van der Waals surface area (Å²) >= 11 is 0.871. The maximum atomic E-state index is 12.6. The van der Waals surface area contributed by atoms with Gasteiger partial charge in [0.05, 0.1) is 30.3 Å². The van der Waals surface area contributed by atoms with E-state index < -0.39 is 11.1 Å². The van der Waals surface area contributed by atoms with Gasteiger partial charge >= 0.3 is 0 Å². The van der Waals surface area contributed by atoms with Crippen LogP contribution in [0.1, 0.15) is 39.1 Å². The smallest absolute Gasteiger partial charge is 0.290 e. The van der Waals surface area contributed by atoms with E-state index in [9.17, 15) is 19.2 Å². The van der Waals surface area contributed by atoms with Gasteiger partial charge in [-0.25, -0.2) is 0 Å². The van der Waals surface area contributed by atoms with Crippen LogP contribution in [0.15, 0.2) is 41.3 Å². The summed E-state index contributed by atoms with van der Waals surface area (Å²) in [6, 6.07) is 10.8. The second-order valence-corrected chi connectivity index (χ2v) is 10.2. The van der Waals surface area contributed by atoms with Crippen LogP contribution in [0.2, 0.25) is 0 Å². The maximum absolute atomic E-state index is 12.6. The van der Waals surface area contributed by atoms with Crippen LogP contribution in [0.25, 0.3) is 6.08 Å². The van der Waals surface area contributed by atoms with Crippen LogP contribution < -0.4 is 25.0 Å². The molecule has 0 radical (unpaired) electrons. The normalized spacial score (nSPS) is 19.9. The Morgan fingerprint density at radius 3 is 2.37 bits per heavy atom. The van der Waals surface area contributed by atoms with Crippen LogP contribution in [0.3, 0.4) is 0 Å². The van der Waals surface area contributed by atoms with E-state index in [0.717, 1.165) is 42.5 Å². The minimum absolute atomic E-state index is 0.205. The van der Waals surface area contributed by atoms with E-state index in [4.69, 9.17) is 9.47 Å². The number of hydrogen-bond acceptors (Lipinski definition) is 9. The highest BCUT2D eigenvalue weighted by Gasteiger charge is 2.34. The number of anilines is 1. The molecule has 4 amide bonds. The Hall–Kier alpha value is -3.83. The number of carbonyl (C=O) groups excluding carboxylic acids is 4. The van der Waals surface area contributed by atoms with Gasteiger partial charge in [0.15, 0.2) is 11.5 Å². The second-order valence-electron chi connectivity index (χ2n) is 9.17. The van der Waals surface area contributed by atoms with Gasteiger partial charge < -0.3 is 19.7 Å². The Balaban J connectivity index is 1.22. The summed E-state index contributed by atoms with van der Waals surface area (Å²) in [5, 5.41) is 5.43. The first-order valence-electron chi connectivity index (χ1n) is 12.3. The number of rotatable bonds is 9. The van der Waals surface area contributed by atoms with E-state index in [-0.39, 0.29) is 17.9 Å². The van der Waals surface area contributed by atoms with Gasteiger partial charge in [-0.3, -0.25) is 29.4 Å². The van der Waals surface area contributed by atoms with Crippen molar-refractivity contribution in [1.82, 2.24) is 15.5 Å². The first kappa shape index (κ1) is 25.8. The summed E-state index contributed by atoms with van der Waals surface area (Å²) in [6.07, 6.45) is 3.24. The highest BCUT2D eigenvalue weighted by atomic mass is 32.2. The number of benzene rings is 2. The number of hydrogen-bond donors (Lipinski definition) is 2. The molecule has 1 atom stereocenters. The Labute approximate surface area is 224 Å². The number of carbonyl (C=O) groups is 4. The molecule has 3 heterocycles. The van der Waals surface area contributed by atoms with Crippen LogP contribution >= 0.6 is 11.8 Å². The average molecular weight is 537 g/mol. The third-order valence-corrected chi connectivity index (χ3v) is 7.67. The van der Waals surface area contributed by atoms with Crippen molar-refractivity contribution in [2.75, 3.05) is 45.3 Å². The highest BCUT2D eigenvalue weighted by molar-refractivity contribution is 8.18. The summed E-state index contributed by atoms with van der Waals surface area (Å²) in [4.78, 5) is 52.8. The summed E-state index contributed by atoms with van der Waals surface area (Å²) < 4.78 is 11.0. The van der Waals surface area contributed by atoms with Crippen molar-refractivity contribution in [2.45, 2.75) is 18.9 Å². The first-order valence-corrected chi connectivity index (χ1v) is 13.2. The molecule has 0 bridgehead atoms. The van der Waals surface area contributed by atoms with Gasteiger partial charge in [-0.05, 0) is 55.4 Å². The number of imide groups is 2. The minimum Gasteiger partial charge on any atom is -0.493 e. The zero-order chi connectivity index (χ0) is 26.8. The van der Waals surface area contributed by atoms with Crippen molar-refractivity contribution in [2.24, 2.45) is 0 Å². The molecule has 2 aromatic rings. The lowest BCUT2D eigenvalue weighted by Gasteiger charge is -2.23. The Morgan fingerprint density at radius 2 is 1.74 bits per heavy atom. The molecule has 0 spiro atoms. The monoisotopic (exact) mass is 536 g/mol. The van der Waals surface area contributed by atoms with Crippen molar-refractivity contribution in [3.8, 4) is 11.5 Å². The molecule has 2 N–H and O–H groups in total. The molecule has 10 nitrogen and oxygen atoms in total. The van der Waals surface area contributed by atoms with Gasteiger partial charge in [-0.1, -0.05) is 12.1 Å². The molecule has 5 rings (SSSR count). The van der Waals surface area contributed by atoms with E-state index in [2.05, 4.69) is 15.5 Å². The Bertz CT molecular complexity index is 1310. The lowest BCUT2D eigenvalue weighted by atomic mass is 10.1. The van der Waals surface area contributed by atoms with Crippen LogP contribution in [0, 0.1) is 0 Å². The van der Waals surface area contributed by atoms with Crippen molar-refractivity contribution >= 4 is 46.5 Å². The van der Waals surface area contributed by atoms with Crippen molar-refractivity contribution < 1.29 is 28.7 Å². The largest absolute Gasteiger partial charge is 0.493 e. The lowest BCUT2D eigenvalue weighted by Crippen LogP contribution is -2.36. The van der Waals surface area contributed by atoms with Gasteiger partial charge in [-0.2, -0.15) is 0 Å². The van der Waals surface area contributed by atoms with Gasteiger partial charge in [0.1, 0.15) is 0 Å². The molecule has 0 aromatic heterocycles. The number of fused-ring (bicyclic) bond motifs is 1. The quantitative estimate of drug-likeness (QED) is 0.283. The van der Waals surface area contributed by atoms with Gasteiger partial charge in [0.25, 0.3) is 23.0 Å². The molecule has 0 aliphatic carbocycles. The highest BCUT2D eigenvalue weighted by Crippen LogP contribution is 2.39. The fourth-order valence-corrected chi connectivity index (χ4v) is 5.64. The molecule has 198 valence electrons. The fourth-order valence-electron chi connectivity index (χ4n) is 4.97. The van der Waals surface area contributed by atoms with Crippen molar-refractivity contribution in [1.29, 1.82) is 0 Å². The Morgan fingerprint density at radius 1 is 1.05 bits per heavy atom. The maximum Gasteiger partial charge on any atom is 0.290 e. The molecule has 2 fully saturated rings. The van der Waals surface area contributed by atoms with E-state index in [1.54, 1.807) is 50.6 Å². The predicted molar refractivity (Wildman–Crippen MR) is 144 cm³/mol. The van der Waals surface area contributed by atoms with E-state index in [1.165, 1.54) is 4.90 Å². The fraction of sp³-hybridized carbons (Fsp3) is 0.333. The minimum atomic E-state index is -0.417. The number of methoxy groups -OCH3 is 2. The van der Waals surface area contributed by atoms with E-state index in [0.29, 0.717) is 47.0 Å². The number of amides is 4. The van der Waals surface area contributed by atoms with Crippen LogP contribution in [0.4, 0.5) is 10.5 Å². The molecule has 2 aromatic carbocycles. The summed E-state index contributed by atoms with van der Waals surface area (Å²) in [5.41, 5.74) is 2.56. The molecule has 0 saturated carbocycles. The van der Waals surface area contributed by atoms with Gasteiger partial charge in [-0.15, -0.1) is 0 Å². The number of nitrogens with zero attached hydrogens (tertiary/aromatic N) is 2. The summed E-state index contributed by atoms with van der Waals surface area (Å²) in [6.45, 7) is 2.52. The van der Waals surface area contributed by atoms with Crippen LogP contribution in [-0.2, 0) is 4.79 Å². The van der Waals surface area contributed by atoms with Crippen molar-refractivity contribution in [3.05, 3.63) is 58.0 Å². The molecular formula is C27H28N4O6S. The summed E-state index contributed by atoms with van der Waals surface area (Å²) in [5.74, 6) is 0.216. The van der Waals surface area contributed by atoms with Gasteiger partial charge in [0, 0.05) is 43.0 Å². The number of ether oxygens (including phenoxy) is 2. The topological polar surface area (TPSA) is 117 Å². The third kappa shape index (κ3) is 4.99. The standard InChI is InChI=1S/C27H28N4O6S/c1-36-21-12-16(13-23-24(32)29-27(35)38-23)20(14-22(21)37-2)30-11-8-17(15-30)28-9-5-10-31-25(33)18-6-3-4-7-19(18)26(31)34/h3-4,6-7,12-14,17,28H,5,8-11,15H2,1-2H3,(H,29,32,35)/b23-13-. The molecule has 11 heteroatoms. The van der Waals surface area contributed by atoms with E-state index >= 15 is 0 Å². The molecule has 3 aliphatic rings. The van der Waals surface area contributed by atoms with Crippen LogP contribution in [-0.4, -0.2) is 74.3 Å². The van der Waals surface area contributed by atoms with Gasteiger partial charge in [0.2, 0.25) is 0 Å². The molecule has 1 unspecified atom stereocenters. The zero-order valence-corrected chi connectivity index (χ0v) is 21.9. The number of thioether (sulfide) groups is 1. The van der Waals surface area contributed by atoms with Crippen molar-refractivity contribution in [3.63, 3.8) is 0 Å². The zero-order valence-electron chi connectivity index (χ0n) is 21.1. The number of nitrogens with one attached hydrogen (secondary N) is 2. The Kier molecular flexibility index (Phi) is 7.39. The molecule has 38 heavy (non-hydrogen) atoms. The van der Waals surface area contributed by atoms with Crippen LogP contribution in [0.5, 0.6) is 11.5 Å². The SMILES string of the molecule is COc1cc(/C=C2\SC(=O)NC2=O)c(N2CCC(NCCCN3C(=O)c4ccccc4C3=O)C2)cc1OC. The molecular weight excluding hydrogens is 508 g/mol. The summed E-state index contributed by atoms with van der Waals surface area (Å²) in [7, 11) is 3.12. The predicted octanol–water partition coefficient (Wildman–Crippen LogP) is 2.88. The van der Waals surface area contributed by atoms with E-state index in [1.807, 2.05) is 6.07 Å². The first-order chi connectivity index (χ1) is 18.4. The second kappa shape index (κ2) is 10.9. The lowest BCUT2D eigenvalue weighted by molar-refractivity contribution is -0.115. The molecule has 3 aliphatic heterocycles.